The van der Waals surface area contributed by atoms with Crippen LogP contribution < -0.4 is 4.90 Å². The van der Waals surface area contributed by atoms with Gasteiger partial charge >= 0.3 is 0 Å². The lowest BCUT2D eigenvalue weighted by molar-refractivity contribution is 0.257. The van der Waals surface area contributed by atoms with Crippen LogP contribution in [0.25, 0.3) is 0 Å². The molecule has 4 heteroatoms. The highest BCUT2D eigenvalue weighted by Gasteiger charge is 2.21. The largest absolute Gasteiger partial charge is 0.369 e. The molecule has 0 spiro atoms. The van der Waals surface area contributed by atoms with Crippen LogP contribution in [-0.4, -0.2) is 36.1 Å². The van der Waals surface area contributed by atoms with Crippen LogP contribution in [-0.2, 0) is 6.54 Å². The molecule has 0 saturated carbocycles. The number of nitrogens with zero attached hydrogens (tertiary/aromatic N) is 3. The van der Waals surface area contributed by atoms with Gasteiger partial charge in [-0.2, -0.15) is 0 Å². The van der Waals surface area contributed by atoms with Crippen LogP contribution in [0, 0.1) is 5.92 Å². The van der Waals surface area contributed by atoms with Crippen LogP contribution in [0.15, 0.2) is 53.3 Å². The molecule has 1 aliphatic heterocycles. The third-order valence-electron chi connectivity index (χ3n) is 4.13. The minimum absolute atomic E-state index is 0.645. The van der Waals surface area contributed by atoms with Gasteiger partial charge in [0.05, 0.1) is 10.2 Å². The summed E-state index contributed by atoms with van der Waals surface area (Å²) in [5.41, 5.74) is 2.65. The van der Waals surface area contributed by atoms with E-state index in [1.165, 1.54) is 11.3 Å². The van der Waals surface area contributed by atoms with Gasteiger partial charge < -0.3 is 4.90 Å². The van der Waals surface area contributed by atoms with E-state index < -0.39 is 0 Å². The summed E-state index contributed by atoms with van der Waals surface area (Å²) in [7, 11) is 0. The summed E-state index contributed by atoms with van der Waals surface area (Å²) in [6, 6.07) is 12.9. The molecule has 0 amide bonds. The van der Waals surface area contributed by atoms with E-state index in [2.05, 4.69) is 74.0 Å². The molecule has 1 aliphatic rings. The van der Waals surface area contributed by atoms with Crippen LogP contribution in [0.2, 0.25) is 0 Å². The number of aromatic nitrogens is 1. The fourth-order valence-electron chi connectivity index (χ4n) is 3.15. The topological polar surface area (TPSA) is 19.4 Å². The summed E-state index contributed by atoms with van der Waals surface area (Å²) in [5, 5.41) is 0. The van der Waals surface area contributed by atoms with Crippen LogP contribution in [0.4, 0.5) is 5.69 Å². The third-order valence-corrected chi connectivity index (χ3v) is 4.74. The van der Waals surface area contributed by atoms with Crippen LogP contribution in [0.5, 0.6) is 0 Å². The molecule has 2 heterocycles. The van der Waals surface area contributed by atoms with Crippen molar-refractivity contribution in [2.75, 3.05) is 31.1 Å². The lowest BCUT2D eigenvalue weighted by Crippen LogP contribution is -2.30. The molecule has 0 aliphatic carbocycles. The maximum atomic E-state index is 4.17. The van der Waals surface area contributed by atoms with Gasteiger partial charge in [0.25, 0.3) is 0 Å². The van der Waals surface area contributed by atoms with E-state index >= 15 is 0 Å². The zero-order valence-electron chi connectivity index (χ0n) is 13.0. The Balaban J connectivity index is 1.69. The first kappa shape index (κ1) is 15.5. The number of halogens is 1. The smallest absolute Gasteiger partial charge is 0.0592 e. The van der Waals surface area contributed by atoms with Gasteiger partial charge in [-0.05, 0) is 33.5 Å². The molecule has 1 saturated heterocycles. The van der Waals surface area contributed by atoms with Gasteiger partial charge in [0.15, 0.2) is 0 Å². The molecule has 0 N–H and O–H groups in total. The van der Waals surface area contributed by atoms with Crippen molar-refractivity contribution >= 4 is 21.6 Å². The van der Waals surface area contributed by atoms with Crippen LogP contribution in [0.3, 0.4) is 0 Å². The number of hydrogen-bond acceptors (Lipinski definition) is 3. The number of hydrogen-bond donors (Lipinski definition) is 0. The summed E-state index contributed by atoms with van der Waals surface area (Å²) < 4.78 is 1.08. The van der Waals surface area contributed by atoms with Gasteiger partial charge in [-0.15, -0.1) is 0 Å². The lowest BCUT2D eigenvalue weighted by atomic mass is 10.1. The van der Waals surface area contributed by atoms with Gasteiger partial charge in [-0.25, -0.2) is 0 Å². The summed E-state index contributed by atoms with van der Waals surface area (Å²) in [6.45, 7) is 7.76. The average Bonchev–Trinajstić information content (AvgIpc) is 2.70. The molecule has 1 atom stereocenters. The standard InChI is InChI=1S/C18H22BrN3/c1-15-12-21(14-16-5-3-2-4-6-16)9-10-22(13-15)18-7-8-20-11-17(18)19/h2-8,11,15H,9-10,12-14H2,1H3. The van der Waals surface area contributed by atoms with Crippen molar-refractivity contribution in [3.8, 4) is 0 Å². The van der Waals surface area contributed by atoms with Gasteiger partial charge in [0, 0.05) is 45.1 Å². The average molecular weight is 360 g/mol. The zero-order valence-corrected chi connectivity index (χ0v) is 14.5. The van der Waals surface area contributed by atoms with Gasteiger partial charge in [-0.3, -0.25) is 9.88 Å². The van der Waals surface area contributed by atoms with E-state index in [9.17, 15) is 0 Å². The van der Waals surface area contributed by atoms with Crippen molar-refractivity contribution in [1.82, 2.24) is 9.88 Å². The highest BCUT2D eigenvalue weighted by atomic mass is 79.9. The summed E-state index contributed by atoms with van der Waals surface area (Å²) in [5.74, 6) is 0.645. The second-order valence-electron chi connectivity index (χ2n) is 6.10. The highest BCUT2D eigenvalue weighted by molar-refractivity contribution is 9.10. The van der Waals surface area contributed by atoms with Crippen molar-refractivity contribution in [2.24, 2.45) is 5.92 Å². The van der Waals surface area contributed by atoms with Crippen LogP contribution in [0.1, 0.15) is 12.5 Å². The van der Waals surface area contributed by atoms with E-state index in [4.69, 9.17) is 0 Å². The predicted octanol–water partition coefficient (Wildman–Crippen LogP) is 3.80. The molecular weight excluding hydrogens is 338 g/mol. The Kier molecular flexibility index (Phi) is 5.11. The SMILES string of the molecule is CC1CN(Cc2ccccc2)CCN(c2ccncc2Br)C1. The highest BCUT2D eigenvalue weighted by Crippen LogP contribution is 2.26. The van der Waals surface area contributed by atoms with E-state index in [0.717, 1.165) is 37.2 Å². The maximum Gasteiger partial charge on any atom is 0.0592 e. The first-order valence-corrected chi connectivity index (χ1v) is 8.62. The Labute approximate surface area is 141 Å². The number of benzene rings is 1. The number of anilines is 1. The third kappa shape index (κ3) is 3.87. The first-order valence-electron chi connectivity index (χ1n) is 7.83. The Bertz CT molecular complexity index is 602. The molecule has 2 aromatic rings. The van der Waals surface area contributed by atoms with E-state index in [0.29, 0.717) is 5.92 Å². The van der Waals surface area contributed by atoms with Crippen LogP contribution >= 0.6 is 15.9 Å². The predicted molar refractivity (Wildman–Crippen MR) is 95.0 cm³/mol. The fraction of sp³-hybridized carbons (Fsp3) is 0.389. The minimum Gasteiger partial charge on any atom is -0.369 e. The van der Waals surface area contributed by atoms with Crippen molar-refractivity contribution < 1.29 is 0 Å². The second-order valence-corrected chi connectivity index (χ2v) is 6.95. The summed E-state index contributed by atoms with van der Waals surface area (Å²) in [4.78, 5) is 9.21. The van der Waals surface area contributed by atoms with Gasteiger partial charge in [0.1, 0.15) is 0 Å². The normalized spacial score (nSPS) is 19.9. The van der Waals surface area contributed by atoms with E-state index in [1.54, 1.807) is 0 Å². The molecular formula is C18H22BrN3. The molecule has 3 nitrogen and oxygen atoms in total. The zero-order chi connectivity index (χ0) is 15.4. The monoisotopic (exact) mass is 359 g/mol. The Morgan fingerprint density at radius 1 is 1.14 bits per heavy atom. The Morgan fingerprint density at radius 3 is 2.73 bits per heavy atom. The lowest BCUT2D eigenvalue weighted by Gasteiger charge is -2.25. The number of rotatable bonds is 3. The first-order chi connectivity index (χ1) is 10.7. The van der Waals surface area contributed by atoms with E-state index in [-0.39, 0.29) is 0 Å². The Morgan fingerprint density at radius 2 is 1.95 bits per heavy atom. The summed E-state index contributed by atoms with van der Waals surface area (Å²) >= 11 is 3.63. The van der Waals surface area contributed by atoms with Crippen molar-refractivity contribution in [2.45, 2.75) is 13.5 Å². The minimum atomic E-state index is 0.645. The molecule has 116 valence electrons. The van der Waals surface area contributed by atoms with Gasteiger partial charge in [0.2, 0.25) is 0 Å². The fourth-order valence-corrected chi connectivity index (χ4v) is 3.65. The molecule has 3 rings (SSSR count). The molecule has 22 heavy (non-hydrogen) atoms. The molecule has 1 aromatic heterocycles. The quantitative estimate of drug-likeness (QED) is 0.830. The Hall–Kier alpha value is -1.39. The number of pyridine rings is 1. The van der Waals surface area contributed by atoms with Crippen molar-refractivity contribution in [3.63, 3.8) is 0 Å². The van der Waals surface area contributed by atoms with Crippen molar-refractivity contribution in [1.29, 1.82) is 0 Å². The molecule has 0 radical (unpaired) electrons. The molecule has 1 aromatic carbocycles. The van der Waals surface area contributed by atoms with E-state index in [1.807, 2.05) is 12.4 Å². The van der Waals surface area contributed by atoms with Crippen molar-refractivity contribution in [3.05, 3.63) is 58.8 Å². The molecule has 0 bridgehead atoms. The summed E-state index contributed by atoms with van der Waals surface area (Å²) in [6.07, 6.45) is 3.75. The molecule has 1 unspecified atom stereocenters. The maximum absolute atomic E-state index is 4.17. The molecule has 1 fully saturated rings. The van der Waals surface area contributed by atoms with Gasteiger partial charge in [-0.1, -0.05) is 37.3 Å². The second kappa shape index (κ2) is 7.25.